The van der Waals surface area contributed by atoms with Gasteiger partial charge in [-0.25, -0.2) is 17.7 Å². The van der Waals surface area contributed by atoms with E-state index < -0.39 is 21.7 Å². The maximum absolute atomic E-state index is 12.7. The van der Waals surface area contributed by atoms with E-state index in [2.05, 4.69) is 11.3 Å². The van der Waals surface area contributed by atoms with Crippen molar-refractivity contribution in [2.45, 2.75) is 50.3 Å². The molecule has 0 radical (unpaired) electrons. The number of hydrogen-bond acceptors (Lipinski definition) is 1. The first-order valence-corrected chi connectivity index (χ1v) is 6.49. The van der Waals surface area contributed by atoms with Crippen LogP contribution in [0.3, 0.4) is 0 Å². The molecule has 94 valence electrons. The van der Waals surface area contributed by atoms with Crippen LogP contribution in [-0.2, 0) is 11.0 Å². The van der Waals surface area contributed by atoms with Crippen LogP contribution in [0.15, 0.2) is 12.7 Å². The van der Waals surface area contributed by atoms with Gasteiger partial charge in [-0.2, -0.15) is 0 Å². The van der Waals surface area contributed by atoms with E-state index in [9.17, 15) is 13.0 Å². The van der Waals surface area contributed by atoms with Gasteiger partial charge in [-0.3, -0.25) is 0 Å². The monoisotopic (exact) mass is 251 g/mol. The molecular weight excluding hydrogens is 232 g/mol. The molecule has 5 heteroatoms. The summed E-state index contributed by atoms with van der Waals surface area (Å²) in [6.07, 6.45) is 1.29. The van der Waals surface area contributed by atoms with Gasteiger partial charge >= 0.3 is 0 Å². The van der Waals surface area contributed by atoms with Gasteiger partial charge in [0.15, 0.2) is 0 Å². The minimum absolute atomic E-state index is 0.141. The fourth-order valence-electron chi connectivity index (χ4n) is 1.60. The van der Waals surface area contributed by atoms with Gasteiger partial charge in [-0.1, -0.05) is 6.08 Å². The Hall–Kier alpha value is -0.290. The van der Waals surface area contributed by atoms with Gasteiger partial charge in [0.25, 0.3) is 0 Å². The number of nitrogens with one attached hydrogen (secondary N) is 1. The SMILES string of the molecule is C=C[C@@H](N[S@@](=O)C(C)(C)C)C1CC(F)(F)C1. The second-order valence-electron chi connectivity index (χ2n) is 5.28. The van der Waals surface area contributed by atoms with E-state index in [-0.39, 0.29) is 24.8 Å². The first-order chi connectivity index (χ1) is 7.15. The molecule has 0 spiro atoms. The minimum Gasteiger partial charge on any atom is -0.242 e. The molecule has 1 saturated carbocycles. The first kappa shape index (κ1) is 13.8. The Labute approximate surface area is 98.1 Å². The van der Waals surface area contributed by atoms with E-state index in [0.29, 0.717) is 0 Å². The lowest BCUT2D eigenvalue weighted by atomic mass is 9.77. The van der Waals surface area contributed by atoms with Crippen molar-refractivity contribution in [3.05, 3.63) is 12.7 Å². The zero-order valence-corrected chi connectivity index (χ0v) is 10.7. The number of rotatable bonds is 4. The smallest absolute Gasteiger partial charge is 0.242 e. The summed E-state index contributed by atoms with van der Waals surface area (Å²) in [6, 6.07) is -0.292. The molecule has 0 heterocycles. The predicted molar refractivity (Wildman–Crippen MR) is 62.7 cm³/mol. The van der Waals surface area contributed by atoms with Crippen LogP contribution in [0.2, 0.25) is 0 Å². The van der Waals surface area contributed by atoms with Crippen LogP contribution in [0.25, 0.3) is 0 Å². The molecule has 1 N–H and O–H groups in total. The summed E-state index contributed by atoms with van der Waals surface area (Å²) >= 11 is 0. The minimum atomic E-state index is -2.54. The van der Waals surface area contributed by atoms with Gasteiger partial charge < -0.3 is 0 Å². The molecule has 1 aliphatic carbocycles. The predicted octanol–water partition coefficient (Wildman–Crippen LogP) is 2.64. The lowest BCUT2D eigenvalue weighted by molar-refractivity contribution is -0.113. The molecule has 1 aliphatic rings. The van der Waals surface area contributed by atoms with Crippen molar-refractivity contribution in [3.63, 3.8) is 0 Å². The number of halogens is 2. The van der Waals surface area contributed by atoms with Gasteiger partial charge in [0.1, 0.15) is 0 Å². The third kappa shape index (κ3) is 3.35. The van der Waals surface area contributed by atoms with Crippen LogP contribution in [0, 0.1) is 5.92 Å². The molecule has 0 aromatic heterocycles. The van der Waals surface area contributed by atoms with Crippen LogP contribution in [0.4, 0.5) is 8.78 Å². The normalized spacial score (nSPS) is 24.6. The highest BCUT2D eigenvalue weighted by atomic mass is 32.2. The molecule has 0 aliphatic heterocycles. The maximum Gasteiger partial charge on any atom is 0.248 e. The lowest BCUT2D eigenvalue weighted by Crippen LogP contribution is -2.49. The van der Waals surface area contributed by atoms with E-state index >= 15 is 0 Å². The zero-order valence-electron chi connectivity index (χ0n) is 9.93. The van der Waals surface area contributed by atoms with Crippen LogP contribution < -0.4 is 4.72 Å². The summed E-state index contributed by atoms with van der Waals surface area (Å²) in [5, 5.41) is 0. The van der Waals surface area contributed by atoms with Gasteiger partial charge in [0, 0.05) is 18.9 Å². The molecule has 16 heavy (non-hydrogen) atoms. The molecular formula is C11H19F2NOS. The first-order valence-electron chi connectivity index (χ1n) is 5.34. The average molecular weight is 251 g/mol. The Morgan fingerprint density at radius 1 is 1.50 bits per heavy atom. The van der Waals surface area contributed by atoms with E-state index in [1.807, 2.05) is 20.8 Å². The Kier molecular flexibility index (Phi) is 3.90. The Morgan fingerprint density at radius 3 is 2.31 bits per heavy atom. The van der Waals surface area contributed by atoms with E-state index in [1.165, 1.54) is 0 Å². The van der Waals surface area contributed by atoms with Crippen molar-refractivity contribution < 1.29 is 13.0 Å². The quantitative estimate of drug-likeness (QED) is 0.765. The summed E-state index contributed by atoms with van der Waals surface area (Å²) in [5.41, 5.74) is 0. The molecule has 0 amide bonds. The number of alkyl halides is 2. The maximum atomic E-state index is 12.7. The average Bonchev–Trinajstić information content (AvgIpc) is 2.08. The molecule has 2 nitrogen and oxygen atoms in total. The zero-order chi connectivity index (χ0) is 12.6. The summed E-state index contributed by atoms with van der Waals surface area (Å²) in [4.78, 5) is 0. The van der Waals surface area contributed by atoms with Crippen molar-refractivity contribution in [1.29, 1.82) is 0 Å². The van der Waals surface area contributed by atoms with Crippen molar-refractivity contribution in [1.82, 2.24) is 4.72 Å². The highest BCUT2D eigenvalue weighted by Crippen LogP contribution is 2.44. The van der Waals surface area contributed by atoms with E-state index in [4.69, 9.17) is 0 Å². The van der Waals surface area contributed by atoms with Gasteiger partial charge in [0.2, 0.25) is 5.92 Å². The lowest BCUT2D eigenvalue weighted by Gasteiger charge is -2.39. The van der Waals surface area contributed by atoms with Crippen molar-refractivity contribution in [3.8, 4) is 0 Å². The molecule has 0 aromatic carbocycles. The topological polar surface area (TPSA) is 29.1 Å². The van der Waals surface area contributed by atoms with Crippen LogP contribution in [0.1, 0.15) is 33.6 Å². The standard InChI is InChI=1S/C11H19F2NOS/c1-5-9(8-6-11(12,13)7-8)14-16(15)10(2,3)4/h5,8-9,14H,1,6-7H2,2-4H3/t9-,16+/m1/s1. The highest BCUT2D eigenvalue weighted by molar-refractivity contribution is 7.84. The summed E-state index contributed by atoms with van der Waals surface area (Å²) in [7, 11) is -1.25. The Morgan fingerprint density at radius 2 is 2.00 bits per heavy atom. The summed E-state index contributed by atoms with van der Waals surface area (Å²) in [5.74, 6) is -2.70. The Bertz CT molecular complexity index is 291. The second kappa shape index (κ2) is 4.53. The van der Waals surface area contributed by atoms with Gasteiger partial charge in [0.05, 0.1) is 15.7 Å². The summed E-state index contributed by atoms with van der Waals surface area (Å²) in [6.45, 7) is 9.12. The van der Waals surface area contributed by atoms with Crippen molar-refractivity contribution in [2.24, 2.45) is 5.92 Å². The molecule has 1 rings (SSSR count). The van der Waals surface area contributed by atoms with E-state index in [0.717, 1.165) is 0 Å². The number of hydrogen-bond donors (Lipinski definition) is 1. The Balaban J connectivity index is 2.52. The van der Waals surface area contributed by atoms with E-state index in [1.54, 1.807) is 6.08 Å². The fourth-order valence-corrected chi connectivity index (χ4v) is 2.49. The van der Waals surface area contributed by atoms with Gasteiger partial charge in [-0.15, -0.1) is 6.58 Å². The van der Waals surface area contributed by atoms with Crippen LogP contribution in [-0.4, -0.2) is 20.9 Å². The molecule has 0 aromatic rings. The van der Waals surface area contributed by atoms with Crippen LogP contribution >= 0.6 is 0 Å². The van der Waals surface area contributed by atoms with Gasteiger partial charge in [-0.05, 0) is 26.7 Å². The molecule has 2 atom stereocenters. The van der Waals surface area contributed by atoms with Crippen molar-refractivity contribution >= 4 is 11.0 Å². The summed E-state index contributed by atoms with van der Waals surface area (Å²) < 4.78 is 39.7. The molecule has 0 bridgehead atoms. The van der Waals surface area contributed by atoms with Crippen LogP contribution in [0.5, 0.6) is 0 Å². The largest absolute Gasteiger partial charge is 0.248 e. The van der Waals surface area contributed by atoms with Crippen molar-refractivity contribution in [2.75, 3.05) is 0 Å². The molecule has 1 fully saturated rings. The second-order valence-corrected chi connectivity index (χ2v) is 7.28. The third-order valence-electron chi connectivity index (χ3n) is 2.68. The highest BCUT2D eigenvalue weighted by Gasteiger charge is 2.48. The molecule has 0 unspecified atom stereocenters. The molecule has 0 saturated heterocycles. The third-order valence-corrected chi connectivity index (χ3v) is 4.28. The fraction of sp³-hybridized carbons (Fsp3) is 0.818.